The number of pyridine rings is 1. The third-order valence-corrected chi connectivity index (χ3v) is 5.33. The zero-order valence-corrected chi connectivity index (χ0v) is 17.3. The summed E-state index contributed by atoms with van der Waals surface area (Å²) in [6.45, 7) is 4.67. The Bertz CT molecular complexity index is 1280. The molecule has 0 fully saturated rings. The molecule has 2 heterocycles. The summed E-state index contributed by atoms with van der Waals surface area (Å²) in [5.74, 6) is -1.74. The van der Waals surface area contributed by atoms with E-state index >= 15 is 0 Å². The van der Waals surface area contributed by atoms with E-state index in [1.807, 2.05) is 0 Å². The summed E-state index contributed by atoms with van der Waals surface area (Å²) in [5.41, 5.74) is -0.661. The van der Waals surface area contributed by atoms with E-state index in [2.05, 4.69) is 10.3 Å². The predicted octanol–water partition coefficient (Wildman–Crippen LogP) is 2.84. The SMILES string of the molecule is C[C@H](OC(=O)c1cc2ccccc2c(=O)[nH]1)C(=O)N1c2ccccc2NC(=O)C1(C)C. The number of anilines is 2. The molecule has 158 valence electrons. The van der Waals surface area contributed by atoms with Crippen LogP contribution in [0.3, 0.4) is 0 Å². The van der Waals surface area contributed by atoms with Crippen LogP contribution in [0, 0.1) is 0 Å². The lowest BCUT2D eigenvalue weighted by Gasteiger charge is -2.42. The van der Waals surface area contributed by atoms with Gasteiger partial charge >= 0.3 is 5.97 Å². The first-order chi connectivity index (χ1) is 14.7. The number of ether oxygens (including phenoxy) is 1. The van der Waals surface area contributed by atoms with Crippen LogP contribution in [0.2, 0.25) is 0 Å². The fraction of sp³-hybridized carbons (Fsp3) is 0.217. The summed E-state index contributed by atoms with van der Waals surface area (Å²) >= 11 is 0. The summed E-state index contributed by atoms with van der Waals surface area (Å²) in [4.78, 5) is 54.6. The maximum atomic E-state index is 13.3. The molecule has 0 spiro atoms. The highest BCUT2D eigenvalue weighted by Gasteiger charge is 2.45. The van der Waals surface area contributed by atoms with Gasteiger partial charge in [0, 0.05) is 5.39 Å². The van der Waals surface area contributed by atoms with Crippen LogP contribution in [-0.4, -0.2) is 34.4 Å². The number of rotatable bonds is 3. The predicted molar refractivity (Wildman–Crippen MR) is 116 cm³/mol. The summed E-state index contributed by atoms with van der Waals surface area (Å²) < 4.78 is 5.37. The van der Waals surface area contributed by atoms with E-state index in [0.29, 0.717) is 22.1 Å². The molecule has 1 atom stereocenters. The summed E-state index contributed by atoms with van der Waals surface area (Å²) in [6.07, 6.45) is -1.19. The Morgan fingerprint density at radius 2 is 1.71 bits per heavy atom. The highest BCUT2D eigenvalue weighted by Crippen LogP contribution is 2.37. The number of carbonyl (C=O) groups excluding carboxylic acids is 3. The first kappa shape index (κ1) is 20.3. The molecular formula is C23H21N3O5. The molecule has 2 aromatic carbocycles. The highest BCUT2D eigenvalue weighted by atomic mass is 16.5. The van der Waals surface area contributed by atoms with Crippen molar-refractivity contribution in [2.45, 2.75) is 32.4 Å². The normalized spacial score (nSPS) is 15.7. The molecular weight excluding hydrogens is 398 g/mol. The number of aromatic nitrogens is 1. The number of H-pyrrole nitrogens is 1. The van der Waals surface area contributed by atoms with E-state index in [1.165, 1.54) is 17.9 Å². The van der Waals surface area contributed by atoms with Gasteiger partial charge in [0.05, 0.1) is 11.4 Å². The van der Waals surface area contributed by atoms with Gasteiger partial charge in [0.2, 0.25) is 5.91 Å². The number of fused-ring (bicyclic) bond motifs is 2. The Labute approximate surface area is 177 Å². The Morgan fingerprint density at radius 1 is 1.03 bits per heavy atom. The van der Waals surface area contributed by atoms with E-state index in [9.17, 15) is 19.2 Å². The number of amides is 2. The van der Waals surface area contributed by atoms with E-state index in [4.69, 9.17) is 4.74 Å². The first-order valence-electron chi connectivity index (χ1n) is 9.78. The zero-order valence-electron chi connectivity index (χ0n) is 17.3. The number of carbonyl (C=O) groups is 3. The fourth-order valence-electron chi connectivity index (χ4n) is 3.62. The molecule has 0 saturated heterocycles. The van der Waals surface area contributed by atoms with Crippen molar-refractivity contribution in [2.75, 3.05) is 10.2 Å². The van der Waals surface area contributed by atoms with E-state index in [-0.39, 0.29) is 11.6 Å². The maximum absolute atomic E-state index is 13.3. The number of benzene rings is 2. The molecule has 0 aliphatic carbocycles. The maximum Gasteiger partial charge on any atom is 0.355 e. The van der Waals surface area contributed by atoms with Gasteiger partial charge in [-0.3, -0.25) is 19.3 Å². The molecule has 3 aromatic rings. The summed E-state index contributed by atoms with van der Waals surface area (Å²) in [6, 6.07) is 15.3. The van der Waals surface area contributed by atoms with Crippen molar-refractivity contribution in [3.63, 3.8) is 0 Å². The average molecular weight is 419 g/mol. The highest BCUT2D eigenvalue weighted by molar-refractivity contribution is 6.15. The molecule has 1 aromatic heterocycles. The Kier molecular flexibility index (Phi) is 4.85. The lowest BCUT2D eigenvalue weighted by Crippen LogP contribution is -2.60. The quantitative estimate of drug-likeness (QED) is 0.635. The van der Waals surface area contributed by atoms with Crippen LogP contribution >= 0.6 is 0 Å². The molecule has 0 unspecified atom stereocenters. The minimum Gasteiger partial charge on any atom is -0.448 e. The van der Waals surface area contributed by atoms with Crippen LogP contribution in [0.25, 0.3) is 10.8 Å². The van der Waals surface area contributed by atoms with Gasteiger partial charge in [0.15, 0.2) is 6.10 Å². The van der Waals surface area contributed by atoms with Crippen molar-refractivity contribution in [1.82, 2.24) is 4.98 Å². The third kappa shape index (κ3) is 3.46. The van der Waals surface area contributed by atoms with Gasteiger partial charge < -0.3 is 15.0 Å². The van der Waals surface area contributed by atoms with Gasteiger partial charge in [-0.25, -0.2) is 4.79 Å². The van der Waals surface area contributed by atoms with Crippen molar-refractivity contribution in [1.29, 1.82) is 0 Å². The van der Waals surface area contributed by atoms with Crippen molar-refractivity contribution < 1.29 is 19.1 Å². The fourth-order valence-corrected chi connectivity index (χ4v) is 3.62. The molecule has 2 N–H and O–H groups in total. The number of hydrogen-bond donors (Lipinski definition) is 2. The number of hydrogen-bond acceptors (Lipinski definition) is 5. The minimum atomic E-state index is -1.19. The first-order valence-corrected chi connectivity index (χ1v) is 9.78. The van der Waals surface area contributed by atoms with Gasteiger partial charge in [-0.15, -0.1) is 0 Å². The minimum absolute atomic E-state index is 0.0561. The molecule has 8 nitrogen and oxygen atoms in total. The van der Waals surface area contributed by atoms with Gasteiger partial charge in [-0.2, -0.15) is 0 Å². The van der Waals surface area contributed by atoms with Crippen LogP contribution in [-0.2, 0) is 14.3 Å². The van der Waals surface area contributed by atoms with E-state index in [1.54, 1.807) is 62.4 Å². The van der Waals surface area contributed by atoms with Crippen molar-refractivity contribution >= 4 is 39.9 Å². The lowest BCUT2D eigenvalue weighted by molar-refractivity contribution is -0.131. The molecule has 0 bridgehead atoms. The molecule has 1 aliphatic rings. The topological polar surface area (TPSA) is 109 Å². The van der Waals surface area contributed by atoms with Gasteiger partial charge in [0.25, 0.3) is 11.5 Å². The van der Waals surface area contributed by atoms with E-state index in [0.717, 1.165) is 0 Å². The molecule has 0 saturated carbocycles. The average Bonchev–Trinajstić information content (AvgIpc) is 2.74. The Morgan fingerprint density at radius 3 is 2.48 bits per heavy atom. The van der Waals surface area contributed by atoms with Crippen molar-refractivity contribution in [3.8, 4) is 0 Å². The van der Waals surface area contributed by atoms with Crippen molar-refractivity contribution in [2.24, 2.45) is 0 Å². The van der Waals surface area contributed by atoms with Crippen LogP contribution in [0.5, 0.6) is 0 Å². The van der Waals surface area contributed by atoms with Crippen LogP contribution in [0.15, 0.2) is 59.4 Å². The second-order valence-electron chi connectivity index (χ2n) is 7.85. The van der Waals surface area contributed by atoms with Crippen LogP contribution in [0.4, 0.5) is 11.4 Å². The number of nitrogens with one attached hydrogen (secondary N) is 2. The largest absolute Gasteiger partial charge is 0.448 e. The zero-order chi connectivity index (χ0) is 22.3. The summed E-state index contributed by atoms with van der Waals surface area (Å²) in [5, 5.41) is 3.81. The molecule has 0 radical (unpaired) electrons. The Balaban J connectivity index is 1.62. The number of nitrogens with zero attached hydrogens (tertiary/aromatic N) is 1. The third-order valence-electron chi connectivity index (χ3n) is 5.33. The Hall–Kier alpha value is -3.94. The molecule has 4 rings (SSSR count). The van der Waals surface area contributed by atoms with Gasteiger partial charge in [-0.1, -0.05) is 30.3 Å². The molecule has 31 heavy (non-hydrogen) atoms. The monoisotopic (exact) mass is 419 g/mol. The summed E-state index contributed by atoms with van der Waals surface area (Å²) in [7, 11) is 0. The number of esters is 1. The van der Waals surface area contributed by atoms with Crippen LogP contribution in [0.1, 0.15) is 31.3 Å². The molecule has 8 heteroatoms. The van der Waals surface area contributed by atoms with Crippen LogP contribution < -0.4 is 15.8 Å². The van der Waals surface area contributed by atoms with Gasteiger partial charge in [0.1, 0.15) is 11.2 Å². The molecule has 1 aliphatic heterocycles. The van der Waals surface area contributed by atoms with Crippen molar-refractivity contribution in [3.05, 3.63) is 70.6 Å². The van der Waals surface area contributed by atoms with E-state index < -0.39 is 29.1 Å². The molecule has 2 amide bonds. The number of aromatic amines is 1. The standard InChI is InChI=1S/C23H21N3O5/c1-13(31-21(29)17-12-14-8-4-5-9-15(14)19(27)24-17)20(28)26-18-11-7-6-10-16(18)25-22(30)23(26,2)3/h4-13H,1-3H3,(H,24,27)(H,25,30)/t13-/m0/s1. The lowest BCUT2D eigenvalue weighted by atomic mass is 9.95. The second kappa shape index (κ2) is 7.39. The second-order valence-corrected chi connectivity index (χ2v) is 7.85. The smallest absolute Gasteiger partial charge is 0.355 e. The van der Waals surface area contributed by atoms with Gasteiger partial charge in [-0.05, 0) is 50.4 Å². The number of para-hydroxylation sites is 2.